The first kappa shape index (κ1) is 25.6. The van der Waals surface area contributed by atoms with E-state index >= 15 is 0 Å². The van der Waals surface area contributed by atoms with Crippen LogP contribution in [0.4, 0.5) is 24.9 Å². The van der Waals surface area contributed by atoms with Crippen molar-refractivity contribution in [2.45, 2.75) is 18.8 Å². The third-order valence-corrected chi connectivity index (χ3v) is 5.89. The highest BCUT2D eigenvalue weighted by molar-refractivity contribution is 6.16. The van der Waals surface area contributed by atoms with Gasteiger partial charge in [-0.15, -0.1) is 5.10 Å². The molecule has 1 atom stereocenters. The van der Waals surface area contributed by atoms with Gasteiger partial charge in [-0.25, -0.2) is 11.6 Å². The van der Waals surface area contributed by atoms with E-state index in [9.17, 15) is 18.0 Å². The summed E-state index contributed by atoms with van der Waals surface area (Å²) >= 11 is 0. The number of pyridine rings is 1. The lowest BCUT2D eigenvalue weighted by atomic mass is 9.96. The second kappa shape index (κ2) is 10.7. The summed E-state index contributed by atoms with van der Waals surface area (Å²) in [5, 5.41) is 13.5. The zero-order chi connectivity index (χ0) is 27.4. The standard InChI is InChI=1S/C27H20F3N7O2/c1-31-11-12-32-20-14-18(27(28,29)30)15-33-23(20)25-36-37-26(39-25)35-24-21(38)13-17-9-5-6-10-19(17)22(34-24)16-7-3-2-4-8-16/h2-10,14-15,24,32H,11-13H2,(H,35,37)/t24-/m1/s1. The summed E-state index contributed by atoms with van der Waals surface area (Å²) in [6.45, 7) is 7.03. The van der Waals surface area contributed by atoms with Crippen LogP contribution in [0.3, 0.4) is 0 Å². The van der Waals surface area contributed by atoms with Gasteiger partial charge in [-0.05, 0) is 11.6 Å². The lowest BCUT2D eigenvalue weighted by molar-refractivity contribution is -0.137. The van der Waals surface area contributed by atoms with E-state index in [2.05, 4.69) is 30.7 Å². The largest absolute Gasteiger partial charge is 0.417 e. The van der Waals surface area contributed by atoms with E-state index in [4.69, 9.17) is 16.0 Å². The van der Waals surface area contributed by atoms with E-state index in [1.165, 1.54) is 0 Å². The van der Waals surface area contributed by atoms with E-state index in [0.717, 1.165) is 22.8 Å². The van der Waals surface area contributed by atoms with Crippen LogP contribution in [-0.2, 0) is 17.4 Å². The van der Waals surface area contributed by atoms with Gasteiger partial charge in [0.2, 0.25) is 6.54 Å². The van der Waals surface area contributed by atoms with E-state index in [-0.39, 0.29) is 48.6 Å². The van der Waals surface area contributed by atoms with Crippen LogP contribution in [0.5, 0.6) is 0 Å². The number of rotatable bonds is 7. The summed E-state index contributed by atoms with van der Waals surface area (Å²) in [5.74, 6) is -0.407. The molecule has 0 saturated heterocycles. The van der Waals surface area contributed by atoms with Crippen molar-refractivity contribution >= 4 is 23.2 Å². The maximum Gasteiger partial charge on any atom is 0.417 e. The number of hydrogen-bond donors (Lipinski definition) is 2. The number of ketones is 1. The molecule has 39 heavy (non-hydrogen) atoms. The van der Waals surface area contributed by atoms with Gasteiger partial charge in [0, 0.05) is 23.7 Å². The van der Waals surface area contributed by atoms with Crippen LogP contribution in [0.1, 0.15) is 22.3 Å². The van der Waals surface area contributed by atoms with Gasteiger partial charge in [-0.3, -0.25) is 9.79 Å². The Hall–Kier alpha value is -5.05. The first-order valence-electron chi connectivity index (χ1n) is 11.8. The fourth-order valence-corrected chi connectivity index (χ4v) is 4.06. The van der Waals surface area contributed by atoms with Crippen LogP contribution in [-0.4, -0.2) is 45.9 Å². The minimum Gasteiger partial charge on any atom is -0.402 e. The molecule has 3 heterocycles. The summed E-state index contributed by atoms with van der Waals surface area (Å²) < 4.78 is 45.4. The number of alkyl halides is 3. The molecule has 4 aromatic rings. The van der Waals surface area contributed by atoms with Gasteiger partial charge in [0.05, 0.1) is 23.5 Å². The lowest BCUT2D eigenvalue weighted by Gasteiger charge is -2.12. The maximum atomic E-state index is 13.3. The molecule has 2 N–H and O–H groups in total. The molecule has 0 saturated carbocycles. The van der Waals surface area contributed by atoms with Crippen molar-refractivity contribution < 1.29 is 22.4 Å². The molecule has 0 unspecified atom stereocenters. The van der Waals surface area contributed by atoms with Crippen LogP contribution < -0.4 is 10.6 Å². The molecule has 5 rings (SSSR count). The third kappa shape index (κ3) is 5.62. The first-order valence-corrected chi connectivity index (χ1v) is 11.8. The minimum atomic E-state index is -4.62. The smallest absolute Gasteiger partial charge is 0.402 e. The van der Waals surface area contributed by atoms with Crippen molar-refractivity contribution in [1.29, 1.82) is 0 Å². The Morgan fingerprint density at radius 3 is 2.62 bits per heavy atom. The Labute approximate surface area is 220 Å². The van der Waals surface area contributed by atoms with Crippen LogP contribution in [0, 0.1) is 6.57 Å². The van der Waals surface area contributed by atoms with Gasteiger partial charge in [0.15, 0.2) is 17.6 Å². The summed E-state index contributed by atoms with van der Waals surface area (Å²) in [5.41, 5.74) is 2.07. The SMILES string of the molecule is [C-]#[N+]CCNc1cc(C(F)(F)F)cnc1-c1nnc(N[C@H]2N=C(c3ccccc3)c3ccccc3CC2=O)o1. The van der Waals surface area contributed by atoms with Gasteiger partial charge >= 0.3 is 12.2 Å². The number of aliphatic imine (C=N–C) groups is 1. The van der Waals surface area contributed by atoms with Gasteiger partial charge in [0.25, 0.3) is 5.89 Å². The summed E-state index contributed by atoms with van der Waals surface area (Å²) in [4.78, 5) is 24.9. The van der Waals surface area contributed by atoms with Crippen molar-refractivity contribution in [3.8, 4) is 11.6 Å². The predicted molar refractivity (Wildman–Crippen MR) is 137 cm³/mol. The summed E-state index contributed by atoms with van der Waals surface area (Å²) in [6.07, 6.45) is -4.90. The monoisotopic (exact) mass is 531 g/mol. The molecule has 196 valence electrons. The summed E-state index contributed by atoms with van der Waals surface area (Å²) in [6, 6.07) is 17.6. The molecule has 2 aromatic carbocycles. The number of carbonyl (C=O) groups excluding carboxylic acids is 1. The molecule has 9 nitrogen and oxygen atoms in total. The van der Waals surface area contributed by atoms with Gasteiger partial charge < -0.3 is 19.9 Å². The average Bonchev–Trinajstić information content (AvgIpc) is 3.34. The predicted octanol–water partition coefficient (Wildman–Crippen LogP) is 4.88. The molecule has 1 aliphatic rings. The van der Waals surface area contributed by atoms with Crippen molar-refractivity contribution in [3.63, 3.8) is 0 Å². The van der Waals surface area contributed by atoms with Crippen molar-refractivity contribution in [2.24, 2.45) is 4.99 Å². The number of nitrogens with zero attached hydrogens (tertiary/aromatic N) is 5. The fraction of sp³-hybridized carbons (Fsp3) is 0.185. The Morgan fingerprint density at radius 1 is 1.08 bits per heavy atom. The Bertz CT molecular complexity index is 1580. The fourth-order valence-electron chi connectivity index (χ4n) is 4.06. The summed E-state index contributed by atoms with van der Waals surface area (Å²) in [7, 11) is 0. The molecule has 0 fully saturated rings. The number of Topliss-reactive ketones (excluding diaryl/α,β-unsaturated/α-hetero) is 1. The van der Waals surface area contributed by atoms with E-state index in [1.54, 1.807) is 0 Å². The van der Waals surface area contributed by atoms with Crippen molar-refractivity contribution in [3.05, 3.63) is 101 Å². The number of anilines is 2. The highest BCUT2D eigenvalue weighted by Crippen LogP contribution is 2.34. The molecular weight excluding hydrogens is 511 g/mol. The molecule has 2 aromatic heterocycles. The lowest BCUT2D eigenvalue weighted by Crippen LogP contribution is -2.29. The number of nitrogens with one attached hydrogen (secondary N) is 2. The van der Waals surface area contributed by atoms with E-state index < -0.39 is 17.9 Å². The Morgan fingerprint density at radius 2 is 1.85 bits per heavy atom. The Balaban J connectivity index is 1.46. The number of hydrogen-bond acceptors (Lipinski definition) is 8. The molecule has 0 radical (unpaired) electrons. The highest BCUT2D eigenvalue weighted by Gasteiger charge is 2.33. The third-order valence-electron chi connectivity index (χ3n) is 5.89. The number of halogens is 3. The quantitative estimate of drug-likeness (QED) is 0.258. The Kier molecular flexibility index (Phi) is 7.05. The topological polar surface area (TPSA) is 110 Å². The molecule has 0 aliphatic carbocycles. The maximum absolute atomic E-state index is 13.3. The number of fused-ring (bicyclic) bond motifs is 1. The average molecular weight is 531 g/mol. The molecular formula is C27H20F3N7O2. The van der Waals surface area contributed by atoms with Crippen LogP contribution in [0.2, 0.25) is 0 Å². The zero-order valence-electron chi connectivity index (χ0n) is 20.2. The van der Waals surface area contributed by atoms with Crippen LogP contribution >= 0.6 is 0 Å². The van der Waals surface area contributed by atoms with Crippen molar-refractivity contribution in [2.75, 3.05) is 23.7 Å². The molecule has 0 bridgehead atoms. The first-order chi connectivity index (χ1) is 18.8. The van der Waals surface area contributed by atoms with Crippen LogP contribution in [0.25, 0.3) is 16.4 Å². The minimum absolute atomic E-state index is 0.0194. The van der Waals surface area contributed by atoms with Gasteiger partial charge in [-0.1, -0.05) is 59.7 Å². The van der Waals surface area contributed by atoms with E-state index in [0.29, 0.717) is 11.9 Å². The second-order valence-electron chi connectivity index (χ2n) is 8.53. The number of aromatic nitrogens is 3. The number of carbonyl (C=O) groups is 1. The zero-order valence-corrected chi connectivity index (χ0v) is 20.2. The molecule has 12 heteroatoms. The number of benzene rings is 2. The van der Waals surface area contributed by atoms with Gasteiger partial charge in [0.1, 0.15) is 0 Å². The highest BCUT2D eigenvalue weighted by atomic mass is 19.4. The van der Waals surface area contributed by atoms with Gasteiger partial charge in [-0.2, -0.15) is 13.2 Å². The molecule has 1 aliphatic heterocycles. The van der Waals surface area contributed by atoms with Crippen molar-refractivity contribution in [1.82, 2.24) is 15.2 Å². The van der Waals surface area contributed by atoms with Crippen LogP contribution in [0.15, 0.2) is 76.3 Å². The normalized spacial score (nSPS) is 15.1. The van der Waals surface area contributed by atoms with E-state index in [1.807, 2.05) is 54.6 Å². The second-order valence-corrected chi connectivity index (χ2v) is 8.53. The molecule has 0 spiro atoms. The molecule has 0 amide bonds.